The molecule has 0 aliphatic heterocycles. The van der Waals surface area contributed by atoms with E-state index in [4.69, 9.17) is 16.0 Å². The normalized spacial score (nSPS) is 13.4. The predicted molar refractivity (Wildman–Crippen MR) is 69.2 cm³/mol. The van der Waals surface area contributed by atoms with E-state index in [9.17, 15) is 8.42 Å². The minimum Gasteiger partial charge on any atom is -0.444 e. The third-order valence-electron chi connectivity index (χ3n) is 2.36. The molecule has 0 spiro atoms. The van der Waals surface area contributed by atoms with Crippen molar-refractivity contribution < 1.29 is 12.8 Å². The molecule has 0 aliphatic rings. The van der Waals surface area contributed by atoms with Crippen LogP contribution in [0.2, 0.25) is 5.15 Å². The Labute approximate surface area is 115 Å². The summed E-state index contributed by atoms with van der Waals surface area (Å²) in [6.45, 7) is 3.36. The molecule has 0 saturated heterocycles. The van der Waals surface area contributed by atoms with E-state index in [-0.39, 0.29) is 10.0 Å². The molecule has 2 aromatic rings. The highest BCUT2D eigenvalue weighted by molar-refractivity contribution is 7.89. The number of rotatable bonds is 4. The van der Waals surface area contributed by atoms with Crippen LogP contribution in [-0.2, 0) is 10.0 Å². The summed E-state index contributed by atoms with van der Waals surface area (Å²) in [6, 6.07) is 2.28. The van der Waals surface area contributed by atoms with E-state index in [1.54, 1.807) is 13.8 Å². The molecule has 2 rings (SSSR count). The lowest BCUT2D eigenvalue weighted by Crippen LogP contribution is -2.27. The second-order valence-electron chi connectivity index (χ2n) is 3.94. The smallest absolute Gasteiger partial charge is 0.244 e. The number of hydrogen-bond acceptors (Lipinski definition) is 5. The number of aryl methyl sites for hydroxylation is 1. The van der Waals surface area contributed by atoms with Gasteiger partial charge in [0.1, 0.15) is 15.8 Å². The molecule has 0 saturated carbocycles. The van der Waals surface area contributed by atoms with Gasteiger partial charge in [-0.1, -0.05) is 11.6 Å². The van der Waals surface area contributed by atoms with Crippen molar-refractivity contribution in [2.45, 2.75) is 24.8 Å². The Morgan fingerprint density at radius 1 is 1.42 bits per heavy atom. The average Bonchev–Trinajstić information content (AvgIpc) is 2.76. The van der Waals surface area contributed by atoms with E-state index >= 15 is 0 Å². The van der Waals surface area contributed by atoms with Gasteiger partial charge in [-0.3, -0.25) is 0 Å². The first kappa shape index (κ1) is 14.0. The van der Waals surface area contributed by atoms with Gasteiger partial charge in [-0.15, -0.1) is 0 Å². The molecule has 1 atom stereocenters. The van der Waals surface area contributed by atoms with Crippen molar-refractivity contribution in [2.24, 2.45) is 0 Å². The van der Waals surface area contributed by atoms with Gasteiger partial charge in [-0.05, 0) is 26.0 Å². The number of sulfonamides is 1. The van der Waals surface area contributed by atoms with Crippen molar-refractivity contribution >= 4 is 21.6 Å². The van der Waals surface area contributed by atoms with E-state index in [1.807, 2.05) is 0 Å². The maximum Gasteiger partial charge on any atom is 0.244 e. The number of nitrogens with one attached hydrogen (secondary N) is 1. The van der Waals surface area contributed by atoms with Crippen molar-refractivity contribution in [3.63, 3.8) is 0 Å². The van der Waals surface area contributed by atoms with Crippen molar-refractivity contribution in [1.29, 1.82) is 0 Å². The van der Waals surface area contributed by atoms with Gasteiger partial charge in [0.2, 0.25) is 15.9 Å². The largest absolute Gasteiger partial charge is 0.444 e. The lowest BCUT2D eigenvalue weighted by atomic mass is 10.4. The molecule has 0 fully saturated rings. The molecular weight excluding hydrogens is 290 g/mol. The van der Waals surface area contributed by atoms with Gasteiger partial charge in [0.05, 0.1) is 12.2 Å². The van der Waals surface area contributed by atoms with Crippen molar-refractivity contribution in [3.8, 4) is 0 Å². The zero-order valence-corrected chi connectivity index (χ0v) is 11.9. The van der Waals surface area contributed by atoms with Crippen LogP contribution in [0.25, 0.3) is 0 Å². The van der Waals surface area contributed by atoms with Crippen LogP contribution in [-0.4, -0.2) is 18.4 Å². The molecule has 0 bridgehead atoms. The molecular formula is C11H12ClN3O3S. The van der Waals surface area contributed by atoms with E-state index in [2.05, 4.69) is 14.7 Å². The van der Waals surface area contributed by atoms with Gasteiger partial charge in [-0.2, -0.15) is 4.72 Å². The molecule has 0 amide bonds. The summed E-state index contributed by atoms with van der Waals surface area (Å²) in [5, 5.41) is -0.0780. The van der Waals surface area contributed by atoms with Crippen LogP contribution in [0.1, 0.15) is 24.6 Å². The first-order valence-corrected chi connectivity index (χ1v) is 7.31. The fourth-order valence-corrected chi connectivity index (χ4v) is 3.14. The van der Waals surface area contributed by atoms with Crippen LogP contribution in [0.5, 0.6) is 0 Å². The highest BCUT2D eigenvalue weighted by atomic mass is 35.5. The third-order valence-corrected chi connectivity index (χ3v) is 4.34. The first-order chi connectivity index (χ1) is 8.90. The van der Waals surface area contributed by atoms with Crippen LogP contribution < -0.4 is 4.72 Å². The van der Waals surface area contributed by atoms with Crippen LogP contribution in [0.3, 0.4) is 0 Å². The van der Waals surface area contributed by atoms with Gasteiger partial charge in [0, 0.05) is 6.20 Å². The van der Waals surface area contributed by atoms with Crippen LogP contribution in [0, 0.1) is 6.92 Å². The summed E-state index contributed by atoms with van der Waals surface area (Å²) in [4.78, 5) is 7.63. The zero-order chi connectivity index (χ0) is 14.0. The Kier molecular flexibility index (Phi) is 3.88. The first-order valence-electron chi connectivity index (χ1n) is 5.45. The van der Waals surface area contributed by atoms with Crippen molar-refractivity contribution in [2.75, 3.05) is 0 Å². The van der Waals surface area contributed by atoms with E-state index in [1.165, 1.54) is 24.5 Å². The number of aromatic nitrogens is 2. The van der Waals surface area contributed by atoms with E-state index in [0.717, 1.165) is 0 Å². The summed E-state index contributed by atoms with van der Waals surface area (Å²) in [6.07, 6.45) is 2.94. The molecule has 0 radical (unpaired) electrons. The number of nitrogens with zero attached hydrogens (tertiary/aromatic N) is 2. The van der Waals surface area contributed by atoms with Gasteiger partial charge < -0.3 is 4.42 Å². The average molecular weight is 302 g/mol. The SMILES string of the molecule is Cc1cnc(C(C)NS(=O)(=O)c2cccnc2Cl)o1. The lowest BCUT2D eigenvalue weighted by Gasteiger charge is -2.11. The molecule has 8 heteroatoms. The fraction of sp³-hybridized carbons (Fsp3) is 0.273. The Balaban J connectivity index is 2.25. The molecule has 0 aliphatic carbocycles. The van der Waals surface area contributed by atoms with Gasteiger partial charge in [-0.25, -0.2) is 18.4 Å². The van der Waals surface area contributed by atoms with E-state index in [0.29, 0.717) is 11.7 Å². The molecule has 6 nitrogen and oxygen atoms in total. The third kappa shape index (κ3) is 3.12. The summed E-state index contributed by atoms with van der Waals surface area (Å²) >= 11 is 5.77. The molecule has 1 unspecified atom stereocenters. The number of hydrogen-bond donors (Lipinski definition) is 1. The lowest BCUT2D eigenvalue weighted by molar-refractivity contribution is 0.428. The minimum absolute atomic E-state index is 0.0770. The van der Waals surface area contributed by atoms with Gasteiger partial charge in [0.15, 0.2) is 0 Å². The second kappa shape index (κ2) is 5.28. The maximum absolute atomic E-state index is 12.1. The predicted octanol–water partition coefficient (Wildman–Crippen LogP) is 2.07. The molecule has 102 valence electrons. The number of oxazole rings is 1. The van der Waals surface area contributed by atoms with Crippen LogP contribution in [0.4, 0.5) is 0 Å². The van der Waals surface area contributed by atoms with Crippen LogP contribution in [0.15, 0.2) is 33.8 Å². The quantitative estimate of drug-likeness (QED) is 0.874. The summed E-state index contributed by atoms with van der Waals surface area (Å²) in [5.74, 6) is 0.904. The zero-order valence-electron chi connectivity index (χ0n) is 10.3. The molecule has 0 aromatic carbocycles. The van der Waals surface area contributed by atoms with Crippen molar-refractivity contribution in [1.82, 2.24) is 14.7 Å². The molecule has 2 heterocycles. The van der Waals surface area contributed by atoms with Gasteiger partial charge >= 0.3 is 0 Å². The number of halogens is 1. The topological polar surface area (TPSA) is 85.1 Å². The summed E-state index contributed by atoms with van der Waals surface area (Å²) in [5.41, 5.74) is 0. The molecule has 19 heavy (non-hydrogen) atoms. The molecule has 2 aromatic heterocycles. The highest BCUT2D eigenvalue weighted by Crippen LogP contribution is 2.21. The number of pyridine rings is 1. The molecule has 1 N–H and O–H groups in total. The Hall–Kier alpha value is -1.44. The van der Waals surface area contributed by atoms with E-state index < -0.39 is 16.1 Å². The Bertz CT molecular complexity index is 684. The fourth-order valence-electron chi connectivity index (χ4n) is 1.49. The standard InChI is InChI=1S/C11H12ClN3O3S/c1-7-6-14-11(18-7)8(2)15-19(16,17)9-4-3-5-13-10(9)12/h3-6,8,15H,1-2H3. The highest BCUT2D eigenvalue weighted by Gasteiger charge is 2.23. The van der Waals surface area contributed by atoms with Crippen molar-refractivity contribution in [3.05, 3.63) is 41.3 Å². The van der Waals surface area contributed by atoms with Gasteiger partial charge in [0.25, 0.3) is 0 Å². The Morgan fingerprint density at radius 3 is 2.74 bits per heavy atom. The summed E-state index contributed by atoms with van der Waals surface area (Å²) in [7, 11) is -3.77. The van der Waals surface area contributed by atoms with Crippen LogP contribution >= 0.6 is 11.6 Å². The maximum atomic E-state index is 12.1. The minimum atomic E-state index is -3.77. The Morgan fingerprint density at radius 2 is 2.16 bits per heavy atom. The second-order valence-corrected chi connectivity index (χ2v) is 5.98. The monoisotopic (exact) mass is 301 g/mol. The summed E-state index contributed by atoms with van der Waals surface area (Å²) < 4.78 is 32.0.